The third-order valence-electron chi connectivity index (χ3n) is 7.88. The first-order valence-corrected chi connectivity index (χ1v) is 11.5. The fourth-order valence-corrected chi connectivity index (χ4v) is 6.05. The predicted molar refractivity (Wildman–Crippen MR) is 109 cm³/mol. The number of nitrogens with one attached hydrogen (secondary N) is 5. The van der Waals surface area contributed by atoms with Crippen LogP contribution >= 0.6 is 0 Å². The first kappa shape index (κ1) is 20.1. The minimum Gasteiger partial charge on any atom is -0.380 e. The van der Waals surface area contributed by atoms with Gasteiger partial charge in [-0.2, -0.15) is 0 Å². The Morgan fingerprint density at radius 2 is 2.10 bits per heavy atom. The third-order valence-corrected chi connectivity index (χ3v) is 7.88. The predicted octanol–water partition coefficient (Wildman–Crippen LogP) is -0.710. The topological polar surface area (TPSA) is 92.9 Å². The summed E-state index contributed by atoms with van der Waals surface area (Å²) in [5.41, 5.74) is 10.3. The largest absolute Gasteiger partial charge is 0.380 e. The Morgan fingerprint density at radius 1 is 1.21 bits per heavy atom. The molecule has 4 saturated heterocycles. The molecule has 4 heterocycles. The minimum atomic E-state index is -0.0486. The number of hydrogen-bond acceptors (Lipinski definition) is 8. The maximum Gasteiger partial charge on any atom is 0.239 e. The van der Waals surface area contributed by atoms with Gasteiger partial charge in [-0.15, -0.1) is 0 Å². The molecule has 5 atom stereocenters. The lowest BCUT2D eigenvalue weighted by Gasteiger charge is -2.51. The van der Waals surface area contributed by atoms with Crippen molar-refractivity contribution in [1.82, 2.24) is 36.8 Å². The van der Waals surface area contributed by atoms with Crippen LogP contribution in [0.2, 0.25) is 0 Å². The van der Waals surface area contributed by atoms with E-state index in [9.17, 15) is 4.79 Å². The van der Waals surface area contributed by atoms with Gasteiger partial charge in [-0.3, -0.25) is 15.1 Å². The van der Waals surface area contributed by atoms with Crippen LogP contribution in [0.4, 0.5) is 0 Å². The van der Waals surface area contributed by atoms with Crippen molar-refractivity contribution in [3.63, 3.8) is 0 Å². The zero-order chi connectivity index (χ0) is 19.8. The number of hydrogen-bond donors (Lipinski definition) is 5. The summed E-state index contributed by atoms with van der Waals surface area (Å²) in [5, 5.41) is 9.08. The van der Waals surface area contributed by atoms with E-state index in [1.54, 1.807) is 0 Å². The number of hydrazine groups is 2. The minimum absolute atomic E-state index is 0.0486. The average molecular weight is 408 g/mol. The number of fused-ring (bicyclic) bond motifs is 1. The number of carbonyl (C=O) groups is 1. The van der Waals surface area contributed by atoms with Crippen LogP contribution < -0.4 is 26.9 Å². The summed E-state index contributed by atoms with van der Waals surface area (Å²) < 4.78 is 5.72. The van der Waals surface area contributed by atoms with Gasteiger partial charge in [-0.25, -0.2) is 15.9 Å². The molecule has 0 spiro atoms. The van der Waals surface area contributed by atoms with E-state index in [4.69, 9.17) is 4.74 Å². The van der Waals surface area contributed by atoms with E-state index in [1.165, 1.54) is 12.8 Å². The highest BCUT2D eigenvalue weighted by Crippen LogP contribution is 2.47. The standard InChI is InChI=1S/C20H37N7O2/c1-26-13-22-25-18(26)10-20(11-29-12-20)14-3-2-4-15(9-14)24-19(28)16-5-7-21-17-6-8-23-27(16)17/h14-18,21-23,25H,2-13H2,1H3,(H,24,28). The van der Waals surface area contributed by atoms with Gasteiger partial charge in [0.25, 0.3) is 0 Å². The lowest BCUT2D eigenvalue weighted by atomic mass is 9.64. The van der Waals surface area contributed by atoms with Crippen molar-refractivity contribution in [2.75, 3.05) is 40.0 Å². The molecule has 5 N–H and O–H groups in total. The lowest BCUT2D eigenvalue weighted by Crippen LogP contribution is -2.62. The Morgan fingerprint density at radius 3 is 2.86 bits per heavy atom. The Labute approximate surface area is 173 Å². The molecule has 0 aromatic carbocycles. The molecule has 9 heteroatoms. The van der Waals surface area contributed by atoms with Crippen LogP contribution in [0.25, 0.3) is 0 Å². The second-order valence-electron chi connectivity index (χ2n) is 9.76. The van der Waals surface area contributed by atoms with Gasteiger partial charge in [0.05, 0.1) is 32.2 Å². The van der Waals surface area contributed by atoms with Crippen LogP contribution in [0.3, 0.4) is 0 Å². The first-order chi connectivity index (χ1) is 14.1. The number of amides is 1. The molecule has 29 heavy (non-hydrogen) atoms. The van der Waals surface area contributed by atoms with Gasteiger partial charge in [0, 0.05) is 18.0 Å². The monoisotopic (exact) mass is 407 g/mol. The van der Waals surface area contributed by atoms with E-state index in [0.717, 1.165) is 65.1 Å². The number of rotatable bonds is 5. The molecule has 0 aromatic heterocycles. The number of ether oxygens (including phenoxy) is 1. The van der Waals surface area contributed by atoms with Gasteiger partial charge in [-0.05, 0) is 58.0 Å². The summed E-state index contributed by atoms with van der Waals surface area (Å²) in [6, 6.07) is 0.245. The van der Waals surface area contributed by atoms with Crippen molar-refractivity contribution >= 4 is 5.91 Å². The van der Waals surface area contributed by atoms with Crippen molar-refractivity contribution in [2.24, 2.45) is 11.3 Å². The summed E-state index contributed by atoms with van der Waals surface area (Å²) in [6.07, 6.45) is 8.34. The number of nitrogens with zero attached hydrogens (tertiary/aromatic N) is 2. The van der Waals surface area contributed by atoms with Crippen molar-refractivity contribution in [3.05, 3.63) is 0 Å². The van der Waals surface area contributed by atoms with Crippen LogP contribution in [0.15, 0.2) is 0 Å². The van der Waals surface area contributed by atoms with Gasteiger partial charge in [0.1, 0.15) is 6.04 Å². The van der Waals surface area contributed by atoms with Gasteiger partial charge < -0.3 is 15.4 Å². The van der Waals surface area contributed by atoms with E-state index in [-0.39, 0.29) is 17.4 Å². The van der Waals surface area contributed by atoms with Gasteiger partial charge >= 0.3 is 0 Å². The molecule has 5 rings (SSSR count). The Hall–Kier alpha value is -0.810. The second kappa shape index (κ2) is 8.37. The maximum absolute atomic E-state index is 13.1. The molecular weight excluding hydrogens is 370 g/mol. The highest BCUT2D eigenvalue weighted by molar-refractivity contribution is 5.82. The molecule has 0 radical (unpaired) electrons. The van der Waals surface area contributed by atoms with E-state index < -0.39 is 0 Å². The maximum atomic E-state index is 13.1. The molecule has 0 bridgehead atoms. The summed E-state index contributed by atoms with van der Waals surface area (Å²) in [4.78, 5) is 15.4. The molecule has 4 aliphatic heterocycles. The molecule has 1 aliphatic carbocycles. The Kier molecular flexibility index (Phi) is 5.81. The average Bonchev–Trinajstić information content (AvgIpc) is 3.33. The van der Waals surface area contributed by atoms with Crippen LogP contribution in [0.1, 0.15) is 44.9 Å². The quantitative estimate of drug-likeness (QED) is 0.408. The second-order valence-corrected chi connectivity index (χ2v) is 9.76. The van der Waals surface area contributed by atoms with Gasteiger partial charge in [0.2, 0.25) is 5.91 Å². The van der Waals surface area contributed by atoms with Crippen molar-refractivity contribution in [3.8, 4) is 0 Å². The molecule has 164 valence electrons. The molecule has 1 saturated carbocycles. The summed E-state index contributed by atoms with van der Waals surface area (Å²) in [6.45, 7) is 4.47. The highest BCUT2D eigenvalue weighted by atomic mass is 16.5. The van der Waals surface area contributed by atoms with Gasteiger partial charge in [0.15, 0.2) is 0 Å². The van der Waals surface area contributed by atoms with Crippen molar-refractivity contribution < 1.29 is 9.53 Å². The summed E-state index contributed by atoms with van der Waals surface area (Å²) >= 11 is 0. The molecule has 0 aromatic rings. The third kappa shape index (κ3) is 3.94. The van der Waals surface area contributed by atoms with Crippen LogP contribution in [0, 0.1) is 11.3 Å². The zero-order valence-electron chi connectivity index (χ0n) is 17.6. The molecule has 1 amide bonds. The molecule has 5 fully saturated rings. The molecular formula is C20H37N7O2. The Bertz CT molecular complexity index is 601. The molecule has 5 unspecified atom stereocenters. The number of carbonyl (C=O) groups excluding carboxylic acids is 1. The first-order valence-electron chi connectivity index (χ1n) is 11.5. The highest BCUT2D eigenvalue weighted by Gasteiger charge is 2.49. The van der Waals surface area contributed by atoms with Crippen LogP contribution in [-0.4, -0.2) is 80.3 Å². The normalized spacial score (nSPS) is 40.4. The van der Waals surface area contributed by atoms with Gasteiger partial charge in [-0.1, -0.05) is 6.42 Å². The smallest absolute Gasteiger partial charge is 0.239 e. The van der Waals surface area contributed by atoms with Crippen LogP contribution in [0.5, 0.6) is 0 Å². The van der Waals surface area contributed by atoms with Crippen LogP contribution in [-0.2, 0) is 9.53 Å². The SMILES string of the molecule is CN1CNNC1CC1(C2CCCC(NC(=O)C3CCNC4CCNN43)C2)COC1. The van der Waals surface area contributed by atoms with E-state index >= 15 is 0 Å². The van der Waals surface area contributed by atoms with E-state index in [0.29, 0.717) is 24.3 Å². The zero-order valence-corrected chi connectivity index (χ0v) is 17.6. The Balaban J connectivity index is 1.19. The summed E-state index contributed by atoms with van der Waals surface area (Å²) in [7, 11) is 2.16. The van der Waals surface area contributed by atoms with E-state index in [1.807, 2.05) is 0 Å². The fraction of sp³-hybridized carbons (Fsp3) is 0.950. The van der Waals surface area contributed by atoms with Crippen molar-refractivity contribution in [2.45, 2.75) is 69.4 Å². The summed E-state index contributed by atoms with van der Waals surface area (Å²) in [5.74, 6) is 0.827. The lowest BCUT2D eigenvalue weighted by molar-refractivity contribution is -0.166. The van der Waals surface area contributed by atoms with Crippen molar-refractivity contribution in [1.29, 1.82) is 0 Å². The molecule has 9 nitrogen and oxygen atoms in total. The van der Waals surface area contributed by atoms with E-state index in [2.05, 4.69) is 43.9 Å². The molecule has 5 aliphatic rings. The fourth-order valence-electron chi connectivity index (χ4n) is 6.05.